The normalized spacial score (nSPS) is 11.6. The lowest BCUT2D eigenvalue weighted by Crippen LogP contribution is -2.25. The van der Waals surface area contributed by atoms with Crippen molar-refractivity contribution in [2.75, 3.05) is 7.11 Å². The smallest absolute Gasteiger partial charge is 0.349 e. The zero-order valence-electron chi connectivity index (χ0n) is 13.0. The molecule has 0 spiro atoms. The highest BCUT2D eigenvalue weighted by molar-refractivity contribution is 7.90. The van der Waals surface area contributed by atoms with Crippen LogP contribution in [0.3, 0.4) is 0 Å². The number of carbonyl (C=O) groups excluding carboxylic acids is 1. The summed E-state index contributed by atoms with van der Waals surface area (Å²) in [7, 11) is -3.03. The monoisotopic (exact) mass is 380 g/mol. The van der Waals surface area contributed by atoms with E-state index in [0.717, 1.165) is 24.5 Å². The van der Waals surface area contributed by atoms with Crippen molar-refractivity contribution in [3.63, 3.8) is 0 Å². The van der Waals surface area contributed by atoms with E-state index in [0.29, 0.717) is 10.4 Å². The standard InChI is InChI=1S/C16H13FN2O4S2/c1-23-16(20)14-15(13-11(17)6-4-7-12(13)24-14)25(21,22)19-9-10-5-2-3-8-18-10/h2-8,19H,9H2,1H3. The van der Waals surface area contributed by atoms with Crippen LogP contribution in [0.1, 0.15) is 15.4 Å². The van der Waals surface area contributed by atoms with E-state index in [1.807, 2.05) is 0 Å². The highest BCUT2D eigenvalue weighted by Gasteiger charge is 2.30. The third-order valence-electron chi connectivity index (χ3n) is 3.43. The van der Waals surface area contributed by atoms with Gasteiger partial charge in [0.05, 0.1) is 19.3 Å². The maximum absolute atomic E-state index is 14.3. The Morgan fingerprint density at radius 2 is 2.08 bits per heavy atom. The van der Waals surface area contributed by atoms with Crippen LogP contribution < -0.4 is 4.72 Å². The molecule has 0 aliphatic rings. The number of halogens is 1. The second-order valence-corrected chi connectivity index (χ2v) is 7.77. The minimum atomic E-state index is -4.17. The number of esters is 1. The average Bonchev–Trinajstić information content (AvgIpc) is 3.02. The van der Waals surface area contributed by atoms with E-state index in [2.05, 4.69) is 14.4 Å². The average molecular weight is 380 g/mol. The maximum Gasteiger partial charge on any atom is 0.349 e. The van der Waals surface area contributed by atoms with Crippen LogP contribution in [0, 0.1) is 5.82 Å². The molecule has 0 unspecified atom stereocenters. The number of methoxy groups -OCH3 is 1. The quantitative estimate of drug-likeness (QED) is 0.688. The zero-order chi connectivity index (χ0) is 18.0. The summed E-state index contributed by atoms with van der Waals surface area (Å²) in [5.74, 6) is -1.55. The third-order valence-corrected chi connectivity index (χ3v) is 6.16. The minimum Gasteiger partial charge on any atom is -0.465 e. The molecule has 0 bridgehead atoms. The fourth-order valence-electron chi connectivity index (χ4n) is 2.31. The van der Waals surface area contributed by atoms with Gasteiger partial charge in [0, 0.05) is 16.3 Å². The largest absolute Gasteiger partial charge is 0.465 e. The van der Waals surface area contributed by atoms with E-state index in [-0.39, 0.29) is 16.8 Å². The number of fused-ring (bicyclic) bond motifs is 1. The first kappa shape index (κ1) is 17.5. The van der Waals surface area contributed by atoms with Crippen LogP contribution in [-0.2, 0) is 21.3 Å². The van der Waals surface area contributed by atoms with Gasteiger partial charge in [-0.3, -0.25) is 4.98 Å². The van der Waals surface area contributed by atoms with Crippen LogP contribution >= 0.6 is 11.3 Å². The van der Waals surface area contributed by atoms with Gasteiger partial charge in [-0.25, -0.2) is 22.3 Å². The Balaban J connectivity index is 2.10. The van der Waals surface area contributed by atoms with Gasteiger partial charge in [0.1, 0.15) is 15.6 Å². The van der Waals surface area contributed by atoms with Crippen molar-refractivity contribution in [2.45, 2.75) is 11.4 Å². The first-order valence-corrected chi connectivity index (χ1v) is 9.43. The molecule has 1 N–H and O–H groups in total. The van der Waals surface area contributed by atoms with Crippen LogP contribution in [0.4, 0.5) is 4.39 Å². The summed E-state index contributed by atoms with van der Waals surface area (Å²) in [5, 5.41) is -0.124. The van der Waals surface area contributed by atoms with E-state index >= 15 is 0 Å². The Morgan fingerprint density at radius 1 is 1.28 bits per heavy atom. The van der Waals surface area contributed by atoms with Crippen LogP contribution in [0.25, 0.3) is 10.1 Å². The molecule has 1 aromatic carbocycles. The van der Waals surface area contributed by atoms with Crippen molar-refractivity contribution in [1.29, 1.82) is 0 Å². The first-order valence-electron chi connectivity index (χ1n) is 7.13. The van der Waals surface area contributed by atoms with Crippen molar-refractivity contribution in [3.05, 3.63) is 59.0 Å². The second-order valence-electron chi connectivity index (χ2n) is 5.01. The van der Waals surface area contributed by atoms with E-state index in [4.69, 9.17) is 0 Å². The van der Waals surface area contributed by atoms with Crippen molar-refractivity contribution in [1.82, 2.24) is 9.71 Å². The Morgan fingerprint density at radius 3 is 2.76 bits per heavy atom. The molecular weight excluding hydrogens is 367 g/mol. The number of nitrogens with zero attached hydrogens (tertiary/aromatic N) is 1. The van der Waals surface area contributed by atoms with Gasteiger partial charge in [-0.15, -0.1) is 11.3 Å². The Hall–Kier alpha value is -2.36. The fourth-order valence-corrected chi connectivity index (χ4v) is 5.14. The van der Waals surface area contributed by atoms with Crippen molar-refractivity contribution in [3.8, 4) is 0 Å². The molecule has 0 amide bonds. The summed E-state index contributed by atoms with van der Waals surface area (Å²) >= 11 is 0.870. The van der Waals surface area contributed by atoms with Crippen molar-refractivity contribution in [2.24, 2.45) is 0 Å². The molecule has 130 valence electrons. The second kappa shape index (κ2) is 6.87. The molecule has 0 aliphatic carbocycles. The van der Waals surface area contributed by atoms with Gasteiger partial charge < -0.3 is 4.74 Å². The molecule has 6 nitrogen and oxygen atoms in total. The predicted molar refractivity (Wildman–Crippen MR) is 91.4 cm³/mol. The van der Waals surface area contributed by atoms with Gasteiger partial charge in [-0.05, 0) is 24.3 Å². The number of nitrogens with one attached hydrogen (secondary N) is 1. The summed E-state index contributed by atoms with van der Waals surface area (Å²) in [5.41, 5.74) is 0.491. The molecule has 3 rings (SSSR count). The number of benzene rings is 1. The molecule has 25 heavy (non-hydrogen) atoms. The van der Waals surface area contributed by atoms with Crippen molar-refractivity contribution < 1.29 is 22.3 Å². The highest BCUT2D eigenvalue weighted by atomic mass is 32.2. The SMILES string of the molecule is COC(=O)c1sc2cccc(F)c2c1S(=O)(=O)NCc1ccccn1. The van der Waals surface area contributed by atoms with Gasteiger partial charge in [-0.1, -0.05) is 12.1 Å². The van der Waals surface area contributed by atoms with Crippen LogP contribution in [-0.4, -0.2) is 26.5 Å². The number of thiophene rings is 1. The Bertz CT molecular complexity index is 1030. The molecule has 0 saturated carbocycles. The molecule has 9 heteroatoms. The van der Waals surface area contributed by atoms with E-state index < -0.39 is 26.7 Å². The molecule has 2 heterocycles. The highest BCUT2D eigenvalue weighted by Crippen LogP contribution is 2.36. The number of rotatable bonds is 5. The lowest BCUT2D eigenvalue weighted by atomic mass is 10.2. The van der Waals surface area contributed by atoms with Gasteiger partial charge in [0.2, 0.25) is 10.0 Å². The van der Waals surface area contributed by atoms with Crippen LogP contribution in [0.2, 0.25) is 0 Å². The van der Waals surface area contributed by atoms with Crippen LogP contribution in [0.5, 0.6) is 0 Å². The van der Waals surface area contributed by atoms with Gasteiger partial charge >= 0.3 is 5.97 Å². The number of hydrogen-bond donors (Lipinski definition) is 1. The number of hydrogen-bond acceptors (Lipinski definition) is 6. The predicted octanol–water partition coefficient (Wildman–Crippen LogP) is 2.70. The summed E-state index contributed by atoms with van der Waals surface area (Å²) in [6.07, 6.45) is 1.53. The molecule has 0 atom stereocenters. The molecule has 0 radical (unpaired) electrons. The summed E-state index contributed by atoms with van der Waals surface area (Å²) in [6, 6.07) is 9.22. The third kappa shape index (κ3) is 3.39. The van der Waals surface area contributed by atoms with E-state index in [1.54, 1.807) is 24.3 Å². The van der Waals surface area contributed by atoms with Gasteiger partial charge in [0.15, 0.2) is 0 Å². The molecule has 0 fully saturated rings. The maximum atomic E-state index is 14.3. The molecule has 0 aliphatic heterocycles. The lowest BCUT2D eigenvalue weighted by molar-refractivity contribution is 0.0602. The van der Waals surface area contributed by atoms with Gasteiger partial charge in [-0.2, -0.15) is 0 Å². The molecule has 2 aromatic heterocycles. The Labute approximate surface area is 147 Å². The number of carbonyl (C=O) groups is 1. The topological polar surface area (TPSA) is 85.4 Å². The van der Waals surface area contributed by atoms with Crippen LogP contribution in [0.15, 0.2) is 47.5 Å². The molecular formula is C16H13FN2O4S2. The number of pyridine rings is 1. The minimum absolute atomic E-state index is 0.0877. The summed E-state index contributed by atoms with van der Waals surface area (Å²) in [6.45, 7) is -0.0877. The fraction of sp³-hybridized carbons (Fsp3) is 0.125. The molecule has 3 aromatic rings. The number of aromatic nitrogens is 1. The van der Waals surface area contributed by atoms with E-state index in [9.17, 15) is 17.6 Å². The number of ether oxygens (including phenoxy) is 1. The van der Waals surface area contributed by atoms with E-state index in [1.165, 1.54) is 12.3 Å². The number of sulfonamides is 1. The zero-order valence-corrected chi connectivity index (χ0v) is 14.7. The first-order chi connectivity index (χ1) is 11.9. The van der Waals surface area contributed by atoms with Crippen molar-refractivity contribution >= 4 is 37.4 Å². The molecule has 0 saturated heterocycles. The summed E-state index contributed by atoms with van der Waals surface area (Å²) in [4.78, 5) is 15.4. The summed E-state index contributed by atoms with van der Waals surface area (Å²) < 4.78 is 47.2. The Kier molecular flexibility index (Phi) is 4.80. The lowest BCUT2D eigenvalue weighted by Gasteiger charge is -2.08. The van der Waals surface area contributed by atoms with Gasteiger partial charge in [0.25, 0.3) is 0 Å².